The molecule has 1 unspecified atom stereocenters. The predicted molar refractivity (Wildman–Crippen MR) is 147 cm³/mol. The zero-order chi connectivity index (χ0) is 28.4. The van der Waals surface area contributed by atoms with Crippen molar-refractivity contribution in [1.82, 2.24) is 9.88 Å². The highest BCUT2D eigenvalue weighted by Gasteiger charge is 2.30. The van der Waals surface area contributed by atoms with Gasteiger partial charge in [0.25, 0.3) is 5.91 Å². The van der Waals surface area contributed by atoms with Crippen molar-refractivity contribution in [2.45, 2.75) is 37.8 Å². The summed E-state index contributed by atoms with van der Waals surface area (Å²) in [6.07, 6.45) is 8.96. The number of halogens is 2. The molecule has 2 atom stereocenters. The second-order valence-electron chi connectivity index (χ2n) is 10.2. The van der Waals surface area contributed by atoms with Gasteiger partial charge in [0.2, 0.25) is 5.89 Å². The number of carbonyl (C=O) groups is 1. The Labute approximate surface area is 231 Å². The van der Waals surface area contributed by atoms with Crippen LogP contribution in [0.3, 0.4) is 0 Å². The van der Waals surface area contributed by atoms with Crippen LogP contribution in [0.15, 0.2) is 71.3 Å². The second-order valence-corrected chi connectivity index (χ2v) is 10.2. The third-order valence-corrected chi connectivity index (χ3v) is 7.10. The first-order chi connectivity index (χ1) is 19.2. The van der Waals surface area contributed by atoms with Crippen LogP contribution in [0.1, 0.15) is 47.0 Å². The van der Waals surface area contributed by atoms with Gasteiger partial charge in [0.15, 0.2) is 0 Å². The molecule has 1 amide bonds. The molecule has 3 aromatic carbocycles. The van der Waals surface area contributed by atoms with Gasteiger partial charge in [0, 0.05) is 23.2 Å². The zero-order valence-corrected chi connectivity index (χ0v) is 21.8. The summed E-state index contributed by atoms with van der Waals surface area (Å²) in [7, 11) is 0. The lowest BCUT2D eigenvalue weighted by atomic mass is 9.92. The fraction of sp³-hybridized carbons (Fsp3) is 0.219. The predicted octanol–water partition coefficient (Wildman–Crippen LogP) is 5.81. The van der Waals surface area contributed by atoms with Crippen molar-refractivity contribution >= 4 is 5.91 Å². The second kappa shape index (κ2) is 10.8. The summed E-state index contributed by atoms with van der Waals surface area (Å²) in [6.45, 7) is 2.28. The molecule has 5 rings (SSSR count). The van der Waals surface area contributed by atoms with Gasteiger partial charge in [-0.3, -0.25) is 4.79 Å². The van der Waals surface area contributed by atoms with E-state index in [2.05, 4.69) is 10.9 Å². The molecule has 6 nitrogen and oxygen atoms in total. The van der Waals surface area contributed by atoms with Crippen molar-refractivity contribution in [2.24, 2.45) is 5.73 Å². The van der Waals surface area contributed by atoms with E-state index in [1.165, 1.54) is 30.5 Å². The van der Waals surface area contributed by atoms with E-state index in [-0.39, 0.29) is 29.2 Å². The SMILES string of the molecule is C#C[C@H]1CCCN1C(=O)c1cc(-c2ncc(C(C)(N)Cc3cccc(F)c3)o2)cc(-c2cccc(F)c2C#N)c1. The molecule has 0 aliphatic carbocycles. The van der Waals surface area contributed by atoms with Crippen molar-refractivity contribution < 1.29 is 18.0 Å². The van der Waals surface area contributed by atoms with Crippen molar-refractivity contribution in [2.75, 3.05) is 6.54 Å². The number of nitriles is 1. The van der Waals surface area contributed by atoms with Gasteiger partial charge in [-0.15, -0.1) is 6.42 Å². The molecule has 2 N–H and O–H groups in total. The zero-order valence-electron chi connectivity index (χ0n) is 21.8. The number of benzene rings is 3. The summed E-state index contributed by atoms with van der Waals surface area (Å²) in [5, 5.41) is 9.64. The lowest BCUT2D eigenvalue weighted by Crippen LogP contribution is -2.35. The van der Waals surface area contributed by atoms with Gasteiger partial charge in [0.05, 0.1) is 23.3 Å². The smallest absolute Gasteiger partial charge is 0.254 e. The van der Waals surface area contributed by atoms with E-state index < -0.39 is 11.4 Å². The number of nitrogens with zero attached hydrogens (tertiary/aromatic N) is 3. The average Bonchev–Trinajstić information content (AvgIpc) is 3.63. The first-order valence-corrected chi connectivity index (χ1v) is 12.8. The van der Waals surface area contributed by atoms with Crippen LogP contribution in [0.2, 0.25) is 0 Å². The summed E-state index contributed by atoms with van der Waals surface area (Å²) < 4.78 is 34.3. The Balaban J connectivity index is 1.58. The maximum absolute atomic E-state index is 14.5. The summed E-state index contributed by atoms with van der Waals surface area (Å²) in [5.74, 6) is 1.91. The van der Waals surface area contributed by atoms with Crippen LogP contribution in [0.25, 0.3) is 22.6 Å². The number of likely N-dealkylation sites (tertiary alicyclic amines) is 1. The third-order valence-electron chi connectivity index (χ3n) is 7.10. The lowest BCUT2D eigenvalue weighted by Gasteiger charge is -2.22. The maximum Gasteiger partial charge on any atom is 0.254 e. The standard InChI is InChI=1S/C32H26F2N4O2/c1-3-25-9-6-12-38(25)31(39)23-15-21(26-10-5-11-28(34)27(26)18-35)14-22(16-23)30-37-19-29(40-30)32(2,36)17-20-7-4-8-24(33)13-20/h1,4-5,7-8,10-11,13-16,19,25H,6,9,12,17,36H2,2H3/t25-,32?/m0/s1. The number of carbonyl (C=O) groups excluding carboxylic acids is 1. The van der Waals surface area contributed by atoms with E-state index in [0.29, 0.717) is 53.0 Å². The van der Waals surface area contributed by atoms with Gasteiger partial charge < -0.3 is 15.1 Å². The Morgan fingerprint density at radius 1 is 1.20 bits per heavy atom. The van der Waals surface area contributed by atoms with E-state index in [4.69, 9.17) is 16.6 Å². The summed E-state index contributed by atoms with van der Waals surface area (Å²) in [6, 6.07) is 17.0. The fourth-order valence-corrected chi connectivity index (χ4v) is 5.09. The normalized spacial score (nSPS) is 16.2. The topological polar surface area (TPSA) is 96.2 Å². The number of hydrogen-bond acceptors (Lipinski definition) is 5. The number of terminal acetylenes is 1. The van der Waals surface area contributed by atoms with E-state index in [1.807, 2.05) is 6.07 Å². The molecule has 2 heterocycles. The molecule has 1 aliphatic rings. The molecule has 1 fully saturated rings. The van der Waals surface area contributed by atoms with Crippen LogP contribution >= 0.6 is 0 Å². The number of oxazole rings is 1. The van der Waals surface area contributed by atoms with E-state index in [9.17, 15) is 18.8 Å². The molecule has 200 valence electrons. The Bertz CT molecular complexity index is 1680. The van der Waals surface area contributed by atoms with Crippen LogP contribution in [0, 0.1) is 35.3 Å². The Morgan fingerprint density at radius 3 is 2.73 bits per heavy atom. The van der Waals surface area contributed by atoms with E-state index >= 15 is 0 Å². The molecule has 0 spiro atoms. The van der Waals surface area contributed by atoms with Gasteiger partial charge in [-0.2, -0.15) is 5.26 Å². The molecule has 0 bridgehead atoms. The van der Waals surface area contributed by atoms with Crippen molar-refractivity contribution in [1.29, 1.82) is 5.26 Å². The molecule has 0 saturated carbocycles. The number of nitrogens with two attached hydrogens (primary N) is 1. The Morgan fingerprint density at radius 2 is 1.98 bits per heavy atom. The highest BCUT2D eigenvalue weighted by molar-refractivity contribution is 5.97. The molecule has 40 heavy (non-hydrogen) atoms. The van der Waals surface area contributed by atoms with Crippen LogP contribution < -0.4 is 5.73 Å². The third kappa shape index (κ3) is 5.22. The average molecular weight is 537 g/mol. The van der Waals surface area contributed by atoms with E-state index in [1.54, 1.807) is 48.2 Å². The van der Waals surface area contributed by atoms with Gasteiger partial charge in [-0.25, -0.2) is 13.8 Å². The maximum atomic E-state index is 14.5. The van der Waals surface area contributed by atoms with Crippen molar-refractivity contribution in [3.8, 4) is 41.0 Å². The van der Waals surface area contributed by atoms with Crippen molar-refractivity contribution in [3.05, 3.63) is 101 Å². The quantitative estimate of drug-likeness (QED) is 0.314. The monoisotopic (exact) mass is 536 g/mol. The number of aromatic nitrogens is 1. The van der Waals surface area contributed by atoms with Crippen LogP contribution in [-0.4, -0.2) is 28.4 Å². The van der Waals surface area contributed by atoms with Crippen molar-refractivity contribution in [3.63, 3.8) is 0 Å². The lowest BCUT2D eigenvalue weighted by molar-refractivity contribution is 0.0766. The summed E-state index contributed by atoms with van der Waals surface area (Å²) in [4.78, 5) is 19.6. The minimum absolute atomic E-state index is 0.140. The highest BCUT2D eigenvalue weighted by Crippen LogP contribution is 2.34. The van der Waals surface area contributed by atoms with Gasteiger partial charge in [0.1, 0.15) is 23.5 Å². The number of hydrogen-bond donors (Lipinski definition) is 1. The molecule has 0 radical (unpaired) electrons. The number of amides is 1. The van der Waals surface area contributed by atoms with Crippen LogP contribution in [0.5, 0.6) is 0 Å². The van der Waals surface area contributed by atoms with Gasteiger partial charge in [-0.05, 0) is 73.7 Å². The van der Waals surface area contributed by atoms with Crippen LogP contribution in [0.4, 0.5) is 8.78 Å². The molecule has 8 heteroatoms. The van der Waals surface area contributed by atoms with Gasteiger partial charge in [-0.1, -0.05) is 30.2 Å². The Kier molecular flexibility index (Phi) is 7.21. The van der Waals surface area contributed by atoms with Gasteiger partial charge >= 0.3 is 0 Å². The first kappa shape index (κ1) is 26.8. The minimum atomic E-state index is -1.01. The molecule has 1 aromatic heterocycles. The number of rotatable bonds is 6. The fourth-order valence-electron chi connectivity index (χ4n) is 5.09. The highest BCUT2D eigenvalue weighted by atomic mass is 19.1. The molecule has 1 aliphatic heterocycles. The van der Waals surface area contributed by atoms with Crippen LogP contribution in [-0.2, 0) is 12.0 Å². The summed E-state index contributed by atoms with van der Waals surface area (Å²) >= 11 is 0. The molecular weight excluding hydrogens is 510 g/mol. The molecule has 1 saturated heterocycles. The first-order valence-electron chi connectivity index (χ1n) is 12.8. The Hall–Kier alpha value is -4.79. The molecule has 4 aromatic rings. The summed E-state index contributed by atoms with van der Waals surface area (Å²) in [5.41, 5.74) is 7.63. The minimum Gasteiger partial charge on any atom is -0.439 e. The largest absolute Gasteiger partial charge is 0.439 e. The molecular formula is C32H26F2N4O2. The van der Waals surface area contributed by atoms with E-state index in [0.717, 1.165) is 6.42 Å².